The number of likely N-dealkylation sites (tertiary alicyclic amines) is 1. The van der Waals surface area contributed by atoms with Gasteiger partial charge in [-0.1, -0.05) is 46.5 Å². The van der Waals surface area contributed by atoms with Crippen molar-refractivity contribution in [1.29, 1.82) is 0 Å². The molecule has 1 saturated carbocycles. The van der Waals surface area contributed by atoms with Gasteiger partial charge in [0, 0.05) is 17.5 Å². The van der Waals surface area contributed by atoms with Crippen LogP contribution in [0.25, 0.3) is 0 Å². The highest BCUT2D eigenvalue weighted by molar-refractivity contribution is 7.18. The second-order valence-corrected chi connectivity index (χ2v) is 10.9. The summed E-state index contributed by atoms with van der Waals surface area (Å²) in [6, 6.07) is 1.91. The van der Waals surface area contributed by atoms with Crippen LogP contribution >= 0.6 is 11.3 Å². The minimum atomic E-state index is -0.456. The van der Waals surface area contributed by atoms with E-state index in [1.165, 1.54) is 62.7 Å². The number of aryl methyl sites for hydroxylation is 1. The van der Waals surface area contributed by atoms with E-state index >= 15 is 0 Å². The molecule has 0 atom stereocenters. The van der Waals surface area contributed by atoms with Gasteiger partial charge in [-0.15, -0.1) is 11.3 Å². The van der Waals surface area contributed by atoms with Gasteiger partial charge in [-0.25, -0.2) is 0 Å². The van der Waals surface area contributed by atoms with Crippen molar-refractivity contribution < 1.29 is 9.59 Å². The predicted octanol–water partition coefficient (Wildman–Crippen LogP) is 4.96. The smallest absolute Gasteiger partial charge is 0.261 e. The maximum Gasteiger partial charge on any atom is 0.261 e. The van der Waals surface area contributed by atoms with Crippen LogP contribution in [0.5, 0.6) is 0 Å². The summed E-state index contributed by atoms with van der Waals surface area (Å²) in [6.07, 6.45) is 10.1. The molecule has 2 amide bonds. The third-order valence-corrected chi connectivity index (χ3v) is 7.58. The number of thiophene rings is 1. The number of nitrogens with zero attached hydrogens (tertiary/aromatic N) is 1. The molecule has 0 spiro atoms. The van der Waals surface area contributed by atoms with E-state index in [1.54, 1.807) is 0 Å². The first kappa shape index (κ1) is 22.3. The number of anilines is 1. The van der Waals surface area contributed by atoms with E-state index < -0.39 is 5.41 Å². The van der Waals surface area contributed by atoms with Gasteiger partial charge in [-0.3, -0.25) is 14.5 Å². The number of piperidine rings is 1. The van der Waals surface area contributed by atoms with Crippen LogP contribution in [0.2, 0.25) is 0 Å². The number of carbonyl (C=O) groups excluding carboxylic acids is 2. The lowest BCUT2D eigenvalue weighted by molar-refractivity contribution is -0.123. The molecule has 2 heterocycles. The lowest BCUT2D eigenvalue weighted by Gasteiger charge is -2.48. The second kappa shape index (κ2) is 9.17. The van der Waals surface area contributed by atoms with E-state index in [2.05, 4.69) is 15.5 Å². The van der Waals surface area contributed by atoms with Gasteiger partial charge in [0.25, 0.3) is 5.91 Å². The number of hydrogen-bond acceptors (Lipinski definition) is 4. The summed E-state index contributed by atoms with van der Waals surface area (Å²) in [5.74, 6) is -0.0392. The molecule has 1 aliphatic heterocycles. The fourth-order valence-corrected chi connectivity index (χ4v) is 5.56. The molecule has 0 aromatic carbocycles. The van der Waals surface area contributed by atoms with Gasteiger partial charge in [-0.05, 0) is 57.3 Å². The van der Waals surface area contributed by atoms with E-state index in [1.807, 2.05) is 33.8 Å². The molecule has 0 radical (unpaired) electrons. The van der Waals surface area contributed by atoms with Crippen molar-refractivity contribution in [3.05, 3.63) is 16.5 Å². The van der Waals surface area contributed by atoms with Gasteiger partial charge < -0.3 is 10.6 Å². The van der Waals surface area contributed by atoms with Crippen LogP contribution < -0.4 is 10.6 Å². The van der Waals surface area contributed by atoms with Crippen LogP contribution in [0.4, 0.5) is 5.00 Å². The van der Waals surface area contributed by atoms with Crippen LogP contribution in [-0.2, 0) is 4.79 Å². The first-order chi connectivity index (χ1) is 13.7. The molecule has 0 bridgehead atoms. The predicted molar refractivity (Wildman–Crippen MR) is 121 cm³/mol. The lowest BCUT2D eigenvalue weighted by Crippen LogP contribution is -2.58. The average molecular weight is 420 g/mol. The summed E-state index contributed by atoms with van der Waals surface area (Å²) in [4.78, 5) is 28.6. The molecule has 1 saturated heterocycles. The van der Waals surface area contributed by atoms with Crippen molar-refractivity contribution in [2.45, 2.75) is 84.6 Å². The monoisotopic (exact) mass is 419 g/mol. The quantitative estimate of drug-likeness (QED) is 0.709. The topological polar surface area (TPSA) is 61.4 Å². The molecule has 2 fully saturated rings. The first-order valence-corrected chi connectivity index (χ1v) is 12.0. The largest absolute Gasteiger partial charge is 0.349 e. The Morgan fingerprint density at radius 1 is 1.07 bits per heavy atom. The number of amides is 2. The second-order valence-electron chi connectivity index (χ2n) is 9.84. The molecule has 162 valence electrons. The summed E-state index contributed by atoms with van der Waals surface area (Å²) in [7, 11) is 0. The molecular weight excluding hydrogens is 382 g/mol. The van der Waals surface area contributed by atoms with Crippen LogP contribution in [-0.4, -0.2) is 41.9 Å². The molecule has 1 aliphatic carbocycles. The Morgan fingerprint density at radius 3 is 2.31 bits per heavy atom. The van der Waals surface area contributed by atoms with Crippen molar-refractivity contribution in [2.24, 2.45) is 5.41 Å². The molecular formula is C23H37N3O2S. The Kier molecular flexibility index (Phi) is 7.05. The fourth-order valence-electron chi connectivity index (χ4n) is 4.58. The number of rotatable bonds is 5. The summed E-state index contributed by atoms with van der Waals surface area (Å²) < 4.78 is 0. The van der Waals surface area contributed by atoms with Crippen molar-refractivity contribution >= 4 is 28.2 Å². The van der Waals surface area contributed by atoms with Gasteiger partial charge in [0.05, 0.1) is 9.88 Å². The molecule has 1 aromatic rings. The van der Waals surface area contributed by atoms with Crippen LogP contribution in [0.1, 0.15) is 87.4 Å². The average Bonchev–Trinajstić information content (AvgIpc) is 3.07. The molecule has 29 heavy (non-hydrogen) atoms. The Balaban J connectivity index is 1.66. The van der Waals surface area contributed by atoms with Gasteiger partial charge in [0.15, 0.2) is 0 Å². The van der Waals surface area contributed by atoms with E-state index in [-0.39, 0.29) is 17.4 Å². The minimum absolute atomic E-state index is 0.00860. The first-order valence-electron chi connectivity index (χ1n) is 11.2. The van der Waals surface area contributed by atoms with Crippen LogP contribution in [0, 0.1) is 12.3 Å². The minimum Gasteiger partial charge on any atom is -0.349 e. The molecule has 3 rings (SSSR count). The van der Waals surface area contributed by atoms with Gasteiger partial charge in [0.1, 0.15) is 0 Å². The lowest BCUT2D eigenvalue weighted by atomic mass is 9.79. The summed E-state index contributed by atoms with van der Waals surface area (Å²) >= 11 is 1.38. The Bertz CT molecular complexity index is 723. The molecule has 1 aromatic heterocycles. The maximum absolute atomic E-state index is 13.0. The van der Waals surface area contributed by atoms with Crippen LogP contribution in [0.3, 0.4) is 0 Å². The zero-order valence-corrected chi connectivity index (χ0v) is 19.3. The maximum atomic E-state index is 13.0. The highest BCUT2D eigenvalue weighted by atomic mass is 32.1. The molecule has 5 nitrogen and oxygen atoms in total. The SMILES string of the molecule is Cc1cc(NC(=O)C(C)(C)C)sc1C(=O)NCC1(N2CCCCC2)CCCCC1. The van der Waals surface area contributed by atoms with Gasteiger partial charge in [-0.2, -0.15) is 0 Å². The van der Waals surface area contributed by atoms with Crippen molar-refractivity contribution in [3.63, 3.8) is 0 Å². The number of hydrogen-bond donors (Lipinski definition) is 2. The third-order valence-electron chi connectivity index (χ3n) is 6.43. The van der Waals surface area contributed by atoms with E-state index in [4.69, 9.17) is 0 Å². The Labute approximate surface area is 179 Å². The van der Waals surface area contributed by atoms with Crippen molar-refractivity contribution in [2.75, 3.05) is 25.0 Å². The van der Waals surface area contributed by atoms with E-state index in [0.717, 1.165) is 30.2 Å². The van der Waals surface area contributed by atoms with E-state index in [9.17, 15) is 9.59 Å². The third kappa shape index (κ3) is 5.40. The molecule has 0 unspecified atom stereocenters. The van der Waals surface area contributed by atoms with Crippen molar-refractivity contribution in [1.82, 2.24) is 10.2 Å². The Hall–Kier alpha value is -1.40. The molecule has 6 heteroatoms. The molecule has 2 aliphatic rings. The number of nitrogens with one attached hydrogen (secondary N) is 2. The number of carbonyl (C=O) groups is 2. The summed E-state index contributed by atoms with van der Waals surface area (Å²) in [5, 5.41) is 6.96. The molecule has 2 N–H and O–H groups in total. The Morgan fingerprint density at radius 2 is 1.69 bits per heavy atom. The standard InChI is InChI=1S/C23H37N3O2S/c1-17-15-18(25-21(28)22(2,3)4)29-19(17)20(27)24-16-23(11-7-5-8-12-23)26-13-9-6-10-14-26/h15H,5-14,16H2,1-4H3,(H,24,27)(H,25,28). The zero-order chi connectivity index (χ0) is 21.1. The highest BCUT2D eigenvalue weighted by Crippen LogP contribution is 2.35. The van der Waals surface area contributed by atoms with Crippen molar-refractivity contribution in [3.8, 4) is 0 Å². The van der Waals surface area contributed by atoms with Gasteiger partial charge >= 0.3 is 0 Å². The highest BCUT2D eigenvalue weighted by Gasteiger charge is 2.38. The van der Waals surface area contributed by atoms with E-state index in [0.29, 0.717) is 4.88 Å². The van der Waals surface area contributed by atoms with Gasteiger partial charge in [0.2, 0.25) is 5.91 Å². The van der Waals surface area contributed by atoms with Crippen LogP contribution in [0.15, 0.2) is 6.07 Å². The summed E-state index contributed by atoms with van der Waals surface area (Å²) in [6.45, 7) is 10.7. The summed E-state index contributed by atoms with van der Waals surface area (Å²) in [5.41, 5.74) is 0.595. The fraction of sp³-hybridized carbons (Fsp3) is 0.739. The zero-order valence-electron chi connectivity index (χ0n) is 18.5. The normalized spacial score (nSPS) is 20.3.